The molecule has 3 rings (SSSR count). The summed E-state index contributed by atoms with van der Waals surface area (Å²) in [6, 6.07) is 18.1. The molecule has 152 valence electrons. The predicted molar refractivity (Wildman–Crippen MR) is 121 cm³/mol. The molecular formula is C25H36N2O. The maximum atomic E-state index is 5.56. The second-order valence-electron chi connectivity index (χ2n) is 8.18. The van der Waals surface area contributed by atoms with Gasteiger partial charge >= 0.3 is 0 Å². The van der Waals surface area contributed by atoms with Crippen molar-refractivity contribution in [3.8, 4) is 5.75 Å². The summed E-state index contributed by atoms with van der Waals surface area (Å²) in [5.74, 6) is 0.929. The highest BCUT2D eigenvalue weighted by atomic mass is 16.5. The van der Waals surface area contributed by atoms with Gasteiger partial charge in [0, 0.05) is 24.8 Å². The molecule has 3 heteroatoms. The number of hydrogen-bond acceptors (Lipinski definition) is 3. The Morgan fingerprint density at radius 3 is 2.36 bits per heavy atom. The molecule has 28 heavy (non-hydrogen) atoms. The van der Waals surface area contributed by atoms with E-state index in [0.717, 1.165) is 17.9 Å². The summed E-state index contributed by atoms with van der Waals surface area (Å²) in [7, 11) is 3.90. The van der Waals surface area contributed by atoms with Crippen molar-refractivity contribution in [2.24, 2.45) is 0 Å². The van der Waals surface area contributed by atoms with E-state index in [4.69, 9.17) is 4.74 Å². The van der Waals surface area contributed by atoms with Crippen molar-refractivity contribution in [1.82, 2.24) is 0 Å². The maximum Gasteiger partial charge on any atom is 0.142 e. The van der Waals surface area contributed by atoms with E-state index in [1.807, 2.05) is 12.1 Å². The number of benzene rings is 2. The molecule has 1 unspecified atom stereocenters. The molecular weight excluding hydrogens is 344 g/mol. The van der Waals surface area contributed by atoms with Crippen LogP contribution in [0.5, 0.6) is 5.75 Å². The largest absolute Gasteiger partial charge is 0.495 e. The van der Waals surface area contributed by atoms with E-state index < -0.39 is 0 Å². The average Bonchev–Trinajstić information content (AvgIpc) is 2.70. The fraction of sp³-hybridized carbons (Fsp3) is 0.520. The van der Waals surface area contributed by atoms with Gasteiger partial charge in [-0.2, -0.15) is 0 Å². The van der Waals surface area contributed by atoms with E-state index in [-0.39, 0.29) is 0 Å². The first kappa shape index (κ1) is 20.6. The van der Waals surface area contributed by atoms with Gasteiger partial charge in [0.2, 0.25) is 0 Å². The van der Waals surface area contributed by atoms with Gasteiger partial charge in [0.1, 0.15) is 5.75 Å². The molecule has 2 aromatic carbocycles. The Hall–Kier alpha value is -2.16. The van der Waals surface area contributed by atoms with Crippen LogP contribution in [0.25, 0.3) is 0 Å². The van der Waals surface area contributed by atoms with Crippen LogP contribution in [-0.2, 0) is 6.42 Å². The lowest BCUT2D eigenvalue weighted by Crippen LogP contribution is -2.31. The molecule has 0 bridgehead atoms. The van der Waals surface area contributed by atoms with Gasteiger partial charge in [0.25, 0.3) is 0 Å². The molecule has 1 aliphatic rings. The highest BCUT2D eigenvalue weighted by Gasteiger charge is 2.17. The molecule has 2 aromatic rings. The lowest BCUT2D eigenvalue weighted by molar-refractivity contribution is 0.413. The van der Waals surface area contributed by atoms with E-state index in [0.29, 0.717) is 12.1 Å². The van der Waals surface area contributed by atoms with Gasteiger partial charge in [-0.05, 0) is 49.9 Å². The molecule has 0 radical (unpaired) electrons. The Morgan fingerprint density at radius 1 is 0.964 bits per heavy atom. The number of hydrogen-bond donors (Lipinski definition) is 1. The minimum Gasteiger partial charge on any atom is -0.495 e. The highest BCUT2D eigenvalue weighted by molar-refractivity contribution is 5.59. The molecule has 3 nitrogen and oxygen atoms in total. The smallest absolute Gasteiger partial charge is 0.142 e. The van der Waals surface area contributed by atoms with Crippen molar-refractivity contribution in [3.05, 3.63) is 54.1 Å². The first-order valence-electron chi connectivity index (χ1n) is 10.9. The van der Waals surface area contributed by atoms with Gasteiger partial charge in [0.05, 0.1) is 12.8 Å². The lowest BCUT2D eigenvalue weighted by Gasteiger charge is -2.30. The molecule has 0 saturated heterocycles. The standard InChI is InChI=1S/C25H36N2O/c1-20(27(2)24-17-11-12-18-25(24)28-3)19-21-13-9-10-16-23(21)26-22-14-7-5-4-6-8-15-22/h9-13,16-18,20,22,26H,4-8,14-15,19H2,1-3H3. The molecule has 0 heterocycles. The number of nitrogens with zero attached hydrogens (tertiary/aromatic N) is 1. The molecule has 0 amide bonds. The third-order valence-electron chi connectivity index (χ3n) is 6.12. The van der Waals surface area contributed by atoms with E-state index in [2.05, 4.69) is 60.6 Å². The molecule has 0 aliphatic heterocycles. The topological polar surface area (TPSA) is 24.5 Å². The van der Waals surface area contributed by atoms with Crippen LogP contribution < -0.4 is 15.0 Å². The third-order valence-corrected chi connectivity index (χ3v) is 6.12. The van der Waals surface area contributed by atoms with Gasteiger partial charge in [-0.25, -0.2) is 0 Å². The summed E-state index contributed by atoms with van der Waals surface area (Å²) < 4.78 is 5.56. The SMILES string of the molecule is COc1ccccc1N(C)C(C)Cc1ccccc1NC1CCCCCCC1. The third kappa shape index (κ3) is 5.43. The zero-order valence-corrected chi connectivity index (χ0v) is 17.8. The lowest BCUT2D eigenvalue weighted by atomic mass is 9.95. The first-order chi connectivity index (χ1) is 13.7. The fourth-order valence-electron chi connectivity index (χ4n) is 4.27. The van der Waals surface area contributed by atoms with Gasteiger partial charge in [-0.1, -0.05) is 62.4 Å². The second-order valence-corrected chi connectivity index (χ2v) is 8.18. The van der Waals surface area contributed by atoms with E-state index in [1.54, 1.807) is 7.11 Å². The summed E-state index contributed by atoms with van der Waals surface area (Å²) in [6.07, 6.45) is 10.5. The van der Waals surface area contributed by atoms with Gasteiger partial charge in [0.15, 0.2) is 0 Å². The maximum absolute atomic E-state index is 5.56. The molecule has 1 N–H and O–H groups in total. The van der Waals surface area contributed by atoms with Crippen LogP contribution in [0.1, 0.15) is 57.4 Å². The zero-order valence-electron chi connectivity index (χ0n) is 17.8. The van der Waals surface area contributed by atoms with Crippen molar-refractivity contribution < 1.29 is 4.74 Å². The number of rotatable bonds is 7. The summed E-state index contributed by atoms with van der Waals surface area (Å²) in [5.41, 5.74) is 3.86. The van der Waals surface area contributed by atoms with Crippen LogP contribution in [0.4, 0.5) is 11.4 Å². The van der Waals surface area contributed by atoms with E-state index in [1.165, 1.54) is 56.2 Å². The summed E-state index contributed by atoms with van der Waals surface area (Å²) >= 11 is 0. The van der Waals surface area contributed by atoms with Gasteiger partial charge < -0.3 is 15.0 Å². The van der Waals surface area contributed by atoms with E-state index >= 15 is 0 Å². The van der Waals surface area contributed by atoms with Crippen molar-refractivity contribution in [1.29, 1.82) is 0 Å². The van der Waals surface area contributed by atoms with Crippen LogP contribution in [0.15, 0.2) is 48.5 Å². The first-order valence-corrected chi connectivity index (χ1v) is 10.9. The average molecular weight is 381 g/mol. The van der Waals surface area contributed by atoms with E-state index in [9.17, 15) is 0 Å². The Bertz CT molecular complexity index is 722. The summed E-state index contributed by atoms with van der Waals surface area (Å²) in [5, 5.41) is 3.88. The van der Waals surface area contributed by atoms with Crippen molar-refractivity contribution >= 4 is 11.4 Å². The number of para-hydroxylation sites is 3. The zero-order chi connectivity index (χ0) is 19.8. The molecule has 0 aromatic heterocycles. The minimum atomic E-state index is 0.372. The Labute approximate surface area is 171 Å². The normalized spacial score (nSPS) is 16.7. The molecule has 1 atom stereocenters. The number of methoxy groups -OCH3 is 1. The number of likely N-dealkylation sites (N-methyl/N-ethyl adjacent to an activating group) is 1. The van der Waals surface area contributed by atoms with Crippen molar-refractivity contribution in [3.63, 3.8) is 0 Å². The monoisotopic (exact) mass is 380 g/mol. The molecule has 0 spiro atoms. The summed E-state index contributed by atoms with van der Waals surface area (Å²) in [6.45, 7) is 2.29. The van der Waals surface area contributed by atoms with Crippen molar-refractivity contribution in [2.45, 2.75) is 70.4 Å². The number of ether oxygens (including phenoxy) is 1. The fourth-order valence-corrected chi connectivity index (χ4v) is 4.27. The Balaban J connectivity index is 1.69. The molecule has 1 saturated carbocycles. The van der Waals surface area contributed by atoms with Crippen LogP contribution in [-0.4, -0.2) is 26.2 Å². The molecule has 1 aliphatic carbocycles. The van der Waals surface area contributed by atoms with Crippen molar-refractivity contribution in [2.75, 3.05) is 24.4 Å². The van der Waals surface area contributed by atoms with Crippen LogP contribution in [0, 0.1) is 0 Å². The Kier molecular flexibility index (Phi) is 7.64. The van der Waals surface area contributed by atoms with Gasteiger partial charge in [-0.3, -0.25) is 0 Å². The van der Waals surface area contributed by atoms with Gasteiger partial charge in [-0.15, -0.1) is 0 Å². The van der Waals surface area contributed by atoms with Crippen LogP contribution >= 0.6 is 0 Å². The quantitative estimate of drug-likeness (QED) is 0.611. The number of anilines is 2. The van der Waals surface area contributed by atoms with Crippen LogP contribution in [0.2, 0.25) is 0 Å². The summed E-state index contributed by atoms with van der Waals surface area (Å²) in [4.78, 5) is 2.32. The van der Waals surface area contributed by atoms with Crippen LogP contribution in [0.3, 0.4) is 0 Å². The number of nitrogens with one attached hydrogen (secondary N) is 1. The predicted octanol–water partition coefficient (Wildman–Crippen LogP) is 6.29. The second kappa shape index (κ2) is 10.4. The Morgan fingerprint density at radius 2 is 1.61 bits per heavy atom. The molecule has 1 fully saturated rings. The minimum absolute atomic E-state index is 0.372. The highest BCUT2D eigenvalue weighted by Crippen LogP contribution is 2.30.